The lowest BCUT2D eigenvalue weighted by Crippen LogP contribution is -2.15. The number of rotatable bonds is 2. The van der Waals surface area contributed by atoms with Crippen LogP contribution in [0.15, 0.2) is 24.5 Å². The molecule has 0 spiro atoms. The summed E-state index contributed by atoms with van der Waals surface area (Å²) in [6.07, 6.45) is 1.45. The van der Waals surface area contributed by atoms with Gasteiger partial charge in [0, 0.05) is 5.56 Å². The van der Waals surface area contributed by atoms with E-state index in [9.17, 15) is 9.90 Å². The number of aromatic amines is 1. The molecule has 0 aliphatic rings. The Balaban J connectivity index is 1.92. The normalized spacial score (nSPS) is 10.8. The molecule has 1 aromatic carbocycles. The molecule has 2 aromatic heterocycles. The van der Waals surface area contributed by atoms with E-state index < -0.39 is 5.91 Å². The molecule has 0 atom stereocenters. The number of hydrogen-bond donors (Lipinski definition) is 3. The zero-order valence-corrected chi connectivity index (χ0v) is 11.6. The summed E-state index contributed by atoms with van der Waals surface area (Å²) in [5.41, 5.74) is 1.93. The lowest BCUT2D eigenvalue weighted by molar-refractivity contribution is 0.102. The first-order valence-corrected chi connectivity index (χ1v) is 6.40. The van der Waals surface area contributed by atoms with E-state index >= 15 is 0 Å². The number of imidazole rings is 1. The second-order valence-corrected chi connectivity index (χ2v) is 4.75. The number of carbonyl (C=O) groups is 1. The maximum atomic E-state index is 12.2. The molecule has 0 unspecified atom stereocenters. The molecular formula is C13H10ClN5O2. The fourth-order valence-corrected chi connectivity index (χ4v) is 2.14. The fraction of sp³-hybridized carbons (Fsp3) is 0.0769. The van der Waals surface area contributed by atoms with Gasteiger partial charge in [0.2, 0.25) is 5.95 Å². The predicted octanol–water partition coefficient (Wildman–Crippen LogP) is 2.27. The SMILES string of the molecule is Cc1cc(O)ccc1C(=O)Nc1nc(Cl)c2[nH]cnc2n1. The number of nitrogens with one attached hydrogen (secondary N) is 2. The monoisotopic (exact) mass is 303 g/mol. The number of phenolic OH excluding ortho intramolecular Hbond substituents is 1. The van der Waals surface area contributed by atoms with Gasteiger partial charge in [-0.05, 0) is 30.7 Å². The summed E-state index contributed by atoms with van der Waals surface area (Å²) in [5.74, 6) is -0.225. The minimum absolute atomic E-state index is 0.0667. The minimum Gasteiger partial charge on any atom is -0.508 e. The summed E-state index contributed by atoms with van der Waals surface area (Å²) >= 11 is 5.98. The van der Waals surface area contributed by atoms with Crippen molar-refractivity contribution in [2.75, 3.05) is 5.32 Å². The number of aromatic nitrogens is 4. The Morgan fingerprint density at radius 1 is 1.38 bits per heavy atom. The first-order valence-electron chi connectivity index (χ1n) is 6.02. The molecule has 0 radical (unpaired) electrons. The molecule has 3 N–H and O–H groups in total. The highest BCUT2D eigenvalue weighted by molar-refractivity contribution is 6.33. The summed E-state index contributed by atoms with van der Waals surface area (Å²) in [4.78, 5) is 27.0. The van der Waals surface area contributed by atoms with Crippen molar-refractivity contribution < 1.29 is 9.90 Å². The van der Waals surface area contributed by atoms with Gasteiger partial charge in [-0.15, -0.1) is 0 Å². The second-order valence-electron chi connectivity index (χ2n) is 4.39. The van der Waals surface area contributed by atoms with E-state index in [0.29, 0.717) is 22.3 Å². The Bertz CT molecular complexity index is 846. The van der Waals surface area contributed by atoms with Gasteiger partial charge in [0.1, 0.15) is 11.3 Å². The third-order valence-electron chi connectivity index (χ3n) is 2.92. The van der Waals surface area contributed by atoms with Crippen LogP contribution in [0.3, 0.4) is 0 Å². The number of hydrogen-bond acceptors (Lipinski definition) is 5. The summed E-state index contributed by atoms with van der Waals surface area (Å²) in [6, 6.07) is 4.46. The predicted molar refractivity (Wildman–Crippen MR) is 77.5 cm³/mol. The van der Waals surface area contributed by atoms with E-state index in [1.54, 1.807) is 6.92 Å². The Labute approximate surface area is 124 Å². The largest absolute Gasteiger partial charge is 0.508 e. The molecule has 2 heterocycles. The van der Waals surface area contributed by atoms with Crippen molar-refractivity contribution in [3.8, 4) is 5.75 Å². The Morgan fingerprint density at radius 3 is 2.95 bits per heavy atom. The van der Waals surface area contributed by atoms with E-state index in [-0.39, 0.29) is 16.9 Å². The first-order chi connectivity index (χ1) is 10.0. The van der Waals surface area contributed by atoms with Crippen LogP contribution in [-0.4, -0.2) is 30.9 Å². The van der Waals surface area contributed by atoms with Gasteiger partial charge in [0.15, 0.2) is 10.8 Å². The van der Waals surface area contributed by atoms with Crippen molar-refractivity contribution in [3.63, 3.8) is 0 Å². The third kappa shape index (κ3) is 2.50. The molecule has 3 aromatic rings. The van der Waals surface area contributed by atoms with Crippen LogP contribution < -0.4 is 5.32 Å². The molecule has 0 aliphatic heterocycles. The van der Waals surface area contributed by atoms with Crippen LogP contribution in [0.2, 0.25) is 5.15 Å². The Kier molecular flexibility index (Phi) is 3.19. The van der Waals surface area contributed by atoms with Crippen LogP contribution in [-0.2, 0) is 0 Å². The minimum atomic E-state index is -0.390. The molecule has 8 heteroatoms. The maximum Gasteiger partial charge on any atom is 0.258 e. The van der Waals surface area contributed by atoms with E-state index in [1.807, 2.05) is 0 Å². The summed E-state index contributed by atoms with van der Waals surface area (Å²) in [6.45, 7) is 1.72. The highest BCUT2D eigenvalue weighted by Gasteiger charge is 2.13. The zero-order valence-electron chi connectivity index (χ0n) is 10.9. The maximum absolute atomic E-state index is 12.2. The van der Waals surface area contributed by atoms with Gasteiger partial charge in [0.25, 0.3) is 5.91 Å². The Hall–Kier alpha value is -2.67. The highest BCUT2D eigenvalue weighted by Crippen LogP contribution is 2.20. The Morgan fingerprint density at radius 2 is 2.19 bits per heavy atom. The number of H-pyrrole nitrogens is 1. The number of halogens is 1. The second kappa shape index (κ2) is 5.02. The quantitative estimate of drug-likeness (QED) is 0.630. The van der Waals surface area contributed by atoms with Gasteiger partial charge in [0.05, 0.1) is 6.33 Å². The fourth-order valence-electron chi connectivity index (χ4n) is 1.93. The van der Waals surface area contributed by atoms with Gasteiger partial charge >= 0.3 is 0 Å². The van der Waals surface area contributed by atoms with Crippen LogP contribution in [0, 0.1) is 6.92 Å². The van der Waals surface area contributed by atoms with Crippen LogP contribution in [0.5, 0.6) is 5.75 Å². The number of carbonyl (C=O) groups excluding carboxylic acids is 1. The molecule has 0 aliphatic carbocycles. The standard InChI is InChI=1S/C13H10ClN5O2/c1-6-4-7(20)2-3-8(6)12(21)19-13-17-10(14)9-11(18-13)16-5-15-9/h2-5,20H,1H3,(H2,15,16,17,18,19,21). The lowest BCUT2D eigenvalue weighted by atomic mass is 10.1. The molecule has 21 heavy (non-hydrogen) atoms. The van der Waals surface area contributed by atoms with Crippen molar-refractivity contribution in [2.24, 2.45) is 0 Å². The van der Waals surface area contributed by atoms with E-state index in [1.165, 1.54) is 24.5 Å². The van der Waals surface area contributed by atoms with Crippen molar-refractivity contribution >= 4 is 34.6 Å². The number of anilines is 1. The average Bonchev–Trinajstić information content (AvgIpc) is 2.87. The highest BCUT2D eigenvalue weighted by atomic mass is 35.5. The van der Waals surface area contributed by atoms with E-state index in [2.05, 4.69) is 25.3 Å². The molecule has 0 saturated heterocycles. The molecule has 3 rings (SSSR count). The lowest BCUT2D eigenvalue weighted by Gasteiger charge is -2.07. The number of aryl methyl sites for hydroxylation is 1. The molecular weight excluding hydrogens is 294 g/mol. The third-order valence-corrected chi connectivity index (χ3v) is 3.19. The van der Waals surface area contributed by atoms with Crippen molar-refractivity contribution in [1.29, 1.82) is 0 Å². The topological polar surface area (TPSA) is 104 Å². The van der Waals surface area contributed by atoms with Crippen LogP contribution in [0.25, 0.3) is 11.2 Å². The van der Waals surface area contributed by atoms with Gasteiger partial charge < -0.3 is 10.1 Å². The average molecular weight is 304 g/mol. The number of phenols is 1. The molecule has 0 fully saturated rings. The summed E-state index contributed by atoms with van der Waals surface area (Å²) in [7, 11) is 0. The van der Waals surface area contributed by atoms with Gasteiger partial charge in [-0.1, -0.05) is 11.6 Å². The van der Waals surface area contributed by atoms with E-state index in [4.69, 9.17) is 11.6 Å². The van der Waals surface area contributed by atoms with Crippen molar-refractivity contribution in [2.45, 2.75) is 6.92 Å². The van der Waals surface area contributed by atoms with Crippen LogP contribution in [0.1, 0.15) is 15.9 Å². The molecule has 106 valence electrons. The zero-order chi connectivity index (χ0) is 15.0. The number of amides is 1. The number of aromatic hydroxyl groups is 1. The molecule has 0 saturated carbocycles. The summed E-state index contributed by atoms with van der Waals surface area (Å²) < 4.78 is 0. The van der Waals surface area contributed by atoms with E-state index in [0.717, 1.165) is 0 Å². The smallest absolute Gasteiger partial charge is 0.258 e. The van der Waals surface area contributed by atoms with Gasteiger partial charge in [-0.25, -0.2) is 4.98 Å². The van der Waals surface area contributed by atoms with Gasteiger partial charge in [-0.3, -0.25) is 10.1 Å². The van der Waals surface area contributed by atoms with Crippen molar-refractivity contribution in [3.05, 3.63) is 40.8 Å². The molecule has 0 bridgehead atoms. The molecule has 7 nitrogen and oxygen atoms in total. The van der Waals surface area contributed by atoms with Crippen molar-refractivity contribution in [1.82, 2.24) is 19.9 Å². The van der Waals surface area contributed by atoms with Crippen LogP contribution >= 0.6 is 11.6 Å². The number of benzene rings is 1. The summed E-state index contributed by atoms with van der Waals surface area (Å²) in [5, 5.41) is 12.1. The number of nitrogens with zero attached hydrogens (tertiary/aromatic N) is 3. The number of fused-ring (bicyclic) bond motifs is 1. The van der Waals surface area contributed by atoms with Crippen LogP contribution in [0.4, 0.5) is 5.95 Å². The molecule has 1 amide bonds. The van der Waals surface area contributed by atoms with Gasteiger partial charge in [-0.2, -0.15) is 9.97 Å². The first kappa shape index (κ1) is 13.3.